The number of carbonyl (C=O) groups is 1. The van der Waals surface area contributed by atoms with E-state index in [1.807, 2.05) is 0 Å². The Morgan fingerprint density at radius 2 is 2.30 bits per heavy atom. The maximum atomic E-state index is 12.2. The number of hydrogen-bond acceptors (Lipinski definition) is 4. The van der Waals surface area contributed by atoms with Crippen LogP contribution in [0.5, 0.6) is 0 Å². The molecule has 20 heavy (non-hydrogen) atoms. The Labute approximate surface area is 115 Å². The number of anilines is 1. The molecule has 2 aromatic rings. The van der Waals surface area contributed by atoms with Gasteiger partial charge in [-0.2, -0.15) is 10.1 Å². The lowest BCUT2D eigenvalue weighted by Crippen LogP contribution is -2.43. The van der Waals surface area contributed by atoms with E-state index >= 15 is 0 Å². The molecule has 0 radical (unpaired) electrons. The first-order chi connectivity index (χ1) is 9.38. The summed E-state index contributed by atoms with van der Waals surface area (Å²) >= 11 is 0. The monoisotopic (exact) mass is 275 g/mol. The van der Waals surface area contributed by atoms with Crippen LogP contribution in [0.1, 0.15) is 26.7 Å². The number of rotatable bonds is 2. The predicted octanol–water partition coefficient (Wildman–Crippen LogP) is 1.03. The highest BCUT2D eigenvalue weighted by molar-refractivity contribution is 5.92. The Morgan fingerprint density at radius 3 is 2.90 bits per heavy atom. The molecule has 7 heteroatoms. The number of aryl methyl sites for hydroxylation is 1. The van der Waals surface area contributed by atoms with Crippen molar-refractivity contribution in [1.29, 1.82) is 0 Å². The average Bonchev–Trinajstić information content (AvgIpc) is 2.70. The van der Waals surface area contributed by atoms with Crippen molar-refractivity contribution in [2.45, 2.75) is 26.7 Å². The van der Waals surface area contributed by atoms with Crippen molar-refractivity contribution in [2.24, 2.45) is 18.4 Å². The lowest BCUT2D eigenvalue weighted by atomic mass is 9.62. The quantitative estimate of drug-likeness (QED) is 0.856. The van der Waals surface area contributed by atoms with Gasteiger partial charge in [0.15, 0.2) is 5.65 Å². The molecule has 0 spiro atoms. The lowest BCUT2D eigenvalue weighted by Gasteiger charge is -2.42. The number of carbonyl (C=O) groups excluding carboxylic acids is 1. The number of aromatic amines is 1. The molecule has 1 aliphatic carbocycles. The fraction of sp³-hybridized carbons (Fsp3) is 0.538. The molecule has 2 heterocycles. The summed E-state index contributed by atoms with van der Waals surface area (Å²) in [5, 5.41) is 7.10. The van der Waals surface area contributed by atoms with Gasteiger partial charge < -0.3 is 0 Å². The summed E-state index contributed by atoms with van der Waals surface area (Å²) in [6.07, 6.45) is 3.37. The zero-order chi connectivity index (χ0) is 14.5. The number of amides is 1. The van der Waals surface area contributed by atoms with Crippen LogP contribution >= 0.6 is 0 Å². The van der Waals surface area contributed by atoms with Crippen molar-refractivity contribution in [3.05, 3.63) is 16.6 Å². The molecule has 1 amide bonds. The number of nitrogens with one attached hydrogen (secondary N) is 2. The van der Waals surface area contributed by atoms with Crippen LogP contribution in [0, 0.1) is 11.3 Å². The minimum absolute atomic E-state index is 0.0149. The van der Waals surface area contributed by atoms with Gasteiger partial charge in [0.25, 0.3) is 5.56 Å². The topological polar surface area (TPSA) is 92.7 Å². The summed E-state index contributed by atoms with van der Waals surface area (Å²) in [6, 6.07) is 0. The van der Waals surface area contributed by atoms with E-state index in [2.05, 4.69) is 34.2 Å². The highest BCUT2D eigenvalue weighted by Gasteiger charge is 2.43. The van der Waals surface area contributed by atoms with Crippen LogP contribution in [0.25, 0.3) is 11.0 Å². The van der Waals surface area contributed by atoms with Gasteiger partial charge in [0, 0.05) is 13.0 Å². The van der Waals surface area contributed by atoms with Crippen LogP contribution < -0.4 is 10.9 Å². The normalized spacial score (nSPS) is 20.6. The first-order valence-corrected chi connectivity index (χ1v) is 6.61. The zero-order valence-corrected chi connectivity index (χ0v) is 11.7. The molecule has 1 unspecified atom stereocenters. The summed E-state index contributed by atoms with van der Waals surface area (Å²) in [5.74, 6) is 0.0553. The summed E-state index contributed by atoms with van der Waals surface area (Å²) in [7, 11) is 1.70. The molecule has 0 aliphatic heterocycles. The molecule has 1 atom stereocenters. The second-order valence-corrected chi connectivity index (χ2v) is 5.99. The predicted molar refractivity (Wildman–Crippen MR) is 74.3 cm³/mol. The molecular formula is C13H17N5O2. The smallest absolute Gasteiger partial charge is 0.263 e. The minimum atomic E-state index is -0.300. The van der Waals surface area contributed by atoms with Crippen LogP contribution in [0.2, 0.25) is 0 Å². The van der Waals surface area contributed by atoms with E-state index < -0.39 is 0 Å². The molecule has 106 valence electrons. The second kappa shape index (κ2) is 4.16. The van der Waals surface area contributed by atoms with Gasteiger partial charge in [-0.25, -0.2) is 0 Å². The fourth-order valence-electron chi connectivity index (χ4n) is 2.65. The van der Waals surface area contributed by atoms with Gasteiger partial charge in [-0.3, -0.25) is 24.6 Å². The maximum absolute atomic E-state index is 12.2. The first-order valence-electron chi connectivity index (χ1n) is 6.61. The van der Waals surface area contributed by atoms with E-state index in [0.717, 1.165) is 12.8 Å². The maximum Gasteiger partial charge on any atom is 0.263 e. The average molecular weight is 275 g/mol. The summed E-state index contributed by atoms with van der Waals surface area (Å²) in [6.45, 7) is 4.14. The second-order valence-electron chi connectivity index (χ2n) is 5.99. The summed E-state index contributed by atoms with van der Waals surface area (Å²) in [5.41, 5.74) is 0.171. The molecule has 2 N–H and O–H groups in total. The van der Waals surface area contributed by atoms with E-state index in [4.69, 9.17) is 0 Å². The third kappa shape index (κ3) is 1.90. The first kappa shape index (κ1) is 12.8. The van der Waals surface area contributed by atoms with Crippen molar-refractivity contribution >= 4 is 22.9 Å². The number of aromatic nitrogens is 4. The third-order valence-electron chi connectivity index (χ3n) is 4.18. The fourth-order valence-corrected chi connectivity index (χ4v) is 2.65. The van der Waals surface area contributed by atoms with Gasteiger partial charge in [0.1, 0.15) is 5.39 Å². The van der Waals surface area contributed by atoms with Crippen LogP contribution in [0.3, 0.4) is 0 Å². The SMILES string of the molecule is Cn1ncc2c(=O)[nH]c(NC(=O)C3CCC3(C)C)nc21. The van der Waals surface area contributed by atoms with Crippen molar-refractivity contribution in [3.8, 4) is 0 Å². The van der Waals surface area contributed by atoms with Gasteiger partial charge in [0.2, 0.25) is 11.9 Å². The summed E-state index contributed by atoms with van der Waals surface area (Å²) < 4.78 is 1.51. The molecule has 0 aromatic carbocycles. The van der Waals surface area contributed by atoms with Gasteiger partial charge in [-0.1, -0.05) is 13.8 Å². The highest BCUT2D eigenvalue weighted by atomic mass is 16.2. The Balaban J connectivity index is 1.90. The largest absolute Gasteiger partial charge is 0.296 e. The molecule has 7 nitrogen and oxygen atoms in total. The Hall–Kier alpha value is -2.18. The number of H-pyrrole nitrogens is 1. The van der Waals surface area contributed by atoms with E-state index in [9.17, 15) is 9.59 Å². The van der Waals surface area contributed by atoms with E-state index in [1.165, 1.54) is 10.9 Å². The van der Waals surface area contributed by atoms with Crippen molar-refractivity contribution in [2.75, 3.05) is 5.32 Å². The molecule has 1 saturated carbocycles. The molecular weight excluding hydrogens is 258 g/mol. The van der Waals surface area contributed by atoms with E-state index in [-0.39, 0.29) is 28.7 Å². The number of fused-ring (bicyclic) bond motifs is 1. The number of nitrogens with zero attached hydrogens (tertiary/aromatic N) is 3. The lowest BCUT2D eigenvalue weighted by molar-refractivity contribution is -0.128. The van der Waals surface area contributed by atoms with Crippen molar-refractivity contribution in [1.82, 2.24) is 19.7 Å². The van der Waals surface area contributed by atoms with E-state index in [0.29, 0.717) is 11.0 Å². The number of hydrogen-bond donors (Lipinski definition) is 2. The van der Waals surface area contributed by atoms with Gasteiger partial charge in [-0.05, 0) is 18.3 Å². The van der Waals surface area contributed by atoms with Gasteiger partial charge in [-0.15, -0.1) is 0 Å². The third-order valence-corrected chi connectivity index (χ3v) is 4.18. The van der Waals surface area contributed by atoms with Crippen LogP contribution in [0.15, 0.2) is 11.0 Å². The standard InChI is InChI=1S/C13H17N5O2/c1-13(2)5-4-8(13)11(20)17-12-15-9-7(10(19)16-12)6-14-18(9)3/h6,8H,4-5H2,1-3H3,(H2,15,16,17,19,20). The van der Waals surface area contributed by atoms with E-state index in [1.54, 1.807) is 7.05 Å². The highest BCUT2D eigenvalue weighted by Crippen LogP contribution is 2.46. The Bertz CT molecular complexity index is 743. The summed E-state index contributed by atoms with van der Waals surface area (Å²) in [4.78, 5) is 30.9. The Kier molecular flexibility index (Phi) is 2.67. The van der Waals surface area contributed by atoms with Gasteiger partial charge >= 0.3 is 0 Å². The molecule has 2 aromatic heterocycles. The minimum Gasteiger partial charge on any atom is -0.296 e. The molecule has 3 rings (SSSR count). The zero-order valence-electron chi connectivity index (χ0n) is 11.7. The Morgan fingerprint density at radius 1 is 1.55 bits per heavy atom. The van der Waals surface area contributed by atoms with Crippen molar-refractivity contribution < 1.29 is 4.79 Å². The molecule has 1 fully saturated rings. The van der Waals surface area contributed by atoms with Crippen LogP contribution in [-0.4, -0.2) is 25.7 Å². The van der Waals surface area contributed by atoms with Crippen LogP contribution in [-0.2, 0) is 11.8 Å². The molecule has 0 bridgehead atoms. The van der Waals surface area contributed by atoms with Crippen molar-refractivity contribution in [3.63, 3.8) is 0 Å². The van der Waals surface area contributed by atoms with Crippen LogP contribution in [0.4, 0.5) is 5.95 Å². The van der Waals surface area contributed by atoms with Gasteiger partial charge in [0.05, 0.1) is 6.20 Å². The molecule has 1 aliphatic rings. The molecule has 0 saturated heterocycles.